The minimum atomic E-state index is -4.42. The number of rotatable bonds is 8. The van der Waals surface area contributed by atoms with Crippen molar-refractivity contribution in [3.05, 3.63) is 0 Å². The van der Waals surface area contributed by atoms with E-state index in [4.69, 9.17) is 25.4 Å². The number of alkyl halides is 3. The zero-order valence-electron chi connectivity index (χ0n) is 30.9. The second-order valence-electron chi connectivity index (χ2n) is 15.4. The van der Waals surface area contributed by atoms with Crippen molar-refractivity contribution in [2.75, 3.05) is 40.3 Å². The van der Waals surface area contributed by atoms with Crippen LogP contribution in [0, 0.1) is 29.7 Å². The zero-order valence-corrected chi connectivity index (χ0v) is 30.9. The van der Waals surface area contributed by atoms with Crippen LogP contribution in [0.15, 0.2) is 0 Å². The van der Waals surface area contributed by atoms with Gasteiger partial charge < -0.3 is 50.0 Å². The highest BCUT2D eigenvalue weighted by Crippen LogP contribution is 2.42. The summed E-state index contributed by atoms with van der Waals surface area (Å²) in [6.07, 6.45) is -3.36. The highest BCUT2D eigenvalue weighted by Gasteiger charge is 2.56. The maximum Gasteiger partial charge on any atom is 0.401 e. The van der Waals surface area contributed by atoms with Gasteiger partial charge in [0, 0.05) is 37.2 Å². The molecule has 0 aromatic rings. The first-order valence-electron chi connectivity index (χ1n) is 17.6. The van der Waals surface area contributed by atoms with Gasteiger partial charge in [-0.1, -0.05) is 27.2 Å². The van der Waals surface area contributed by atoms with Crippen molar-refractivity contribution in [1.29, 1.82) is 0 Å². The number of aliphatic hydroxyl groups excluding tert-OH is 1. The van der Waals surface area contributed by atoms with Gasteiger partial charge >= 0.3 is 12.1 Å². The first kappa shape index (κ1) is 42.4. The Morgan fingerprint density at radius 3 is 2.42 bits per heavy atom. The van der Waals surface area contributed by atoms with E-state index >= 15 is 0 Å². The molecule has 4 heterocycles. The number of Topliss-reactive ketones (excluding diaryl/α,β-unsaturated/α-hetero) is 1. The lowest BCUT2D eigenvalue weighted by molar-refractivity contribution is -0.301. The molecule has 4 aliphatic heterocycles. The van der Waals surface area contributed by atoms with Crippen LogP contribution < -0.4 is 16.0 Å². The van der Waals surface area contributed by atoms with Crippen molar-refractivity contribution in [3.8, 4) is 12.5 Å². The Kier molecular flexibility index (Phi) is 14.2. The third-order valence-corrected chi connectivity index (χ3v) is 10.8. The summed E-state index contributed by atoms with van der Waals surface area (Å²) in [5.41, 5.74) is -4.47. The van der Waals surface area contributed by atoms with Gasteiger partial charge in [-0.05, 0) is 79.9 Å². The summed E-state index contributed by atoms with van der Waals surface area (Å²) >= 11 is 0. The van der Waals surface area contributed by atoms with Gasteiger partial charge in [-0.25, -0.2) is 0 Å². The first-order chi connectivity index (χ1) is 23.1. The van der Waals surface area contributed by atoms with Crippen LogP contribution in [0.1, 0.15) is 74.1 Å². The molecule has 2 bridgehead atoms. The second kappa shape index (κ2) is 16.8. The van der Waals surface area contributed by atoms with Crippen LogP contribution in [-0.4, -0.2) is 133 Å². The Hall–Kier alpha value is -2.03. The molecule has 15 heteroatoms. The average Bonchev–Trinajstić information content (AvgIpc) is 3.02. The lowest BCUT2D eigenvalue weighted by Crippen LogP contribution is -2.63. The summed E-state index contributed by atoms with van der Waals surface area (Å²) in [6.45, 7) is 11.2. The number of likely N-dealkylation sites (N-methyl/N-ethyl adjacent to an activating group) is 1. The maximum absolute atomic E-state index is 14.6. The number of terminal acetylenes is 1. The summed E-state index contributed by atoms with van der Waals surface area (Å²) < 4.78 is 64.0. The van der Waals surface area contributed by atoms with Crippen molar-refractivity contribution in [2.45, 2.75) is 140 Å². The molecule has 0 amide bonds. The monoisotopic (exact) mass is 720 g/mol. The van der Waals surface area contributed by atoms with Crippen LogP contribution in [0.25, 0.3) is 0 Å². The lowest BCUT2D eigenvalue weighted by atomic mass is 9.70. The summed E-state index contributed by atoms with van der Waals surface area (Å²) in [5, 5.41) is 32.0. The number of carbonyl (C=O) groups is 2. The third kappa shape index (κ3) is 9.69. The van der Waals surface area contributed by atoms with Crippen molar-refractivity contribution >= 4 is 11.8 Å². The Labute approximate surface area is 294 Å². The molecule has 13 atom stereocenters. The number of ketones is 1. The summed E-state index contributed by atoms with van der Waals surface area (Å²) in [7, 11) is 3.49. The van der Waals surface area contributed by atoms with Gasteiger partial charge in [0.15, 0.2) is 12.1 Å². The molecule has 4 aliphatic rings. The van der Waals surface area contributed by atoms with E-state index in [1.807, 2.05) is 20.8 Å². The number of hydrogen-bond donors (Lipinski definition) is 5. The van der Waals surface area contributed by atoms with E-state index in [9.17, 15) is 33.0 Å². The number of nitrogens with zero attached hydrogens (tertiary/aromatic N) is 1. The first-order valence-corrected chi connectivity index (χ1v) is 17.6. The molecule has 4 fully saturated rings. The number of esters is 1. The number of nitrogens with one attached hydrogen (secondary N) is 3. The van der Waals surface area contributed by atoms with E-state index in [1.165, 1.54) is 6.92 Å². The van der Waals surface area contributed by atoms with Gasteiger partial charge in [0.05, 0.1) is 30.4 Å². The average molecular weight is 721 g/mol. The predicted molar refractivity (Wildman–Crippen MR) is 180 cm³/mol. The maximum atomic E-state index is 14.6. The zero-order chi connectivity index (χ0) is 37.8. The summed E-state index contributed by atoms with van der Waals surface area (Å²) in [5.74, 6) is -2.38. The van der Waals surface area contributed by atoms with E-state index in [2.05, 4.69) is 22.0 Å². The molecule has 0 aromatic heterocycles. The van der Waals surface area contributed by atoms with Gasteiger partial charge in [0.1, 0.15) is 23.2 Å². The summed E-state index contributed by atoms with van der Waals surface area (Å²) in [4.78, 5) is 30.4. The predicted octanol–water partition coefficient (Wildman–Crippen LogP) is 1.96. The van der Waals surface area contributed by atoms with Crippen LogP contribution in [0.3, 0.4) is 0 Å². The number of aliphatic hydroxyl groups is 2. The molecular weight excluding hydrogens is 661 g/mol. The van der Waals surface area contributed by atoms with Gasteiger partial charge in [-0.3, -0.25) is 9.59 Å². The highest BCUT2D eigenvalue weighted by molar-refractivity contribution is 6.04. The van der Waals surface area contributed by atoms with Crippen LogP contribution in [-0.2, 0) is 28.5 Å². The quantitative estimate of drug-likeness (QED) is 0.108. The van der Waals surface area contributed by atoms with E-state index in [0.29, 0.717) is 13.0 Å². The fourth-order valence-corrected chi connectivity index (χ4v) is 7.91. The fourth-order valence-electron chi connectivity index (χ4n) is 7.91. The molecule has 12 nitrogen and oxygen atoms in total. The van der Waals surface area contributed by atoms with E-state index in [-0.39, 0.29) is 38.3 Å². The van der Waals surface area contributed by atoms with Gasteiger partial charge in [-0.15, -0.1) is 0 Å². The normalized spacial score (nSPS) is 42.6. The number of hydrogen-bond acceptors (Lipinski definition) is 12. The Morgan fingerprint density at radius 1 is 1.18 bits per heavy atom. The molecular formula is C35H59F3N4O8. The van der Waals surface area contributed by atoms with Gasteiger partial charge in [0.2, 0.25) is 0 Å². The lowest BCUT2D eigenvalue weighted by Gasteiger charge is -2.49. The number of carbonyl (C=O) groups excluding carboxylic acids is 2. The minimum Gasteiger partial charge on any atom is -0.458 e. The molecule has 0 saturated carbocycles. The van der Waals surface area contributed by atoms with Crippen molar-refractivity contribution in [2.24, 2.45) is 17.3 Å². The third-order valence-electron chi connectivity index (χ3n) is 10.8. The largest absolute Gasteiger partial charge is 0.458 e. The number of fused-ring (bicyclic) bond motifs is 13. The Balaban J connectivity index is 2.07. The van der Waals surface area contributed by atoms with Crippen molar-refractivity contribution in [1.82, 2.24) is 20.9 Å². The van der Waals surface area contributed by atoms with E-state index in [0.717, 1.165) is 0 Å². The molecule has 4 saturated heterocycles. The second-order valence-corrected chi connectivity index (χ2v) is 15.4. The topological polar surface area (TPSA) is 151 Å². The van der Waals surface area contributed by atoms with Crippen LogP contribution in [0.2, 0.25) is 0 Å². The molecule has 0 unspecified atom stereocenters. The molecule has 4 rings (SSSR count). The van der Waals surface area contributed by atoms with Gasteiger partial charge in [-0.2, -0.15) is 13.2 Å². The molecule has 0 aliphatic carbocycles. The Bertz CT molecular complexity index is 1200. The molecule has 0 radical (unpaired) electrons. The van der Waals surface area contributed by atoms with E-state index < -0.39 is 95.8 Å². The van der Waals surface area contributed by atoms with Crippen LogP contribution in [0.5, 0.6) is 0 Å². The fraction of sp³-hybridized carbons (Fsp3) is 0.886. The molecule has 0 aromatic carbocycles. The SMILES string of the molecule is C#CN[C@@H]1[C@@H](C)NC[C@H](C)C[C@]2(C)OCC[C@](C)(C(=O)O[C@H](CC)[C@@]1(C)O)C(=O)[C@H](C)[C@H]2O[C@@H]1O[C@H](CNCC(F)(F)F)C[C@H](N(C)C)[C@H]1O. The van der Waals surface area contributed by atoms with Crippen molar-refractivity contribution in [3.63, 3.8) is 0 Å². The smallest absolute Gasteiger partial charge is 0.401 e. The highest BCUT2D eigenvalue weighted by atomic mass is 19.4. The Morgan fingerprint density at radius 2 is 1.84 bits per heavy atom. The van der Waals surface area contributed by atoms with Gasteiger partial charge in [0.25, 0.3) is 0 Å². The summed E-state index contributed by atoms with van der Waals surface area (Å²) in [6, 6.07) is 0.743. The van der Waals surface area contributed by atoms with Crippen LogP contribution in [0.4, 0.5) is 13.2 Å². The molecule has 288 valence electrons. The van der Waals surface area contributed by atoms with Crippen molar-refractivity contribution < 1.29 is 51.9 Å². The van der Waals surface area contributed by atoms with Crippen LogP contribution >= 0.6 is 0 Å². The number of ether oxygens (including phenoxy) is 4. The molecule has 0 spiro atoms. The standard InChI is InChI=1S/C35H59F3N4O8/c1-11-25-34(8,46)27(40-12-2)22(5)41-17-20(3)16-33(7)29(21(4)28(44)32(6,13-14-47-33)31(45)49-25)50-30-26(43)24(42(9)10)15-23(48-30)18-39-19-35(36,37)38/h2,20-27,29-30,39-41,43,46H,11,13-19H2,1,3-10H3/t20-,21+,22-,23+,24+,25-,26-,27-,29-,30+,32+,33+,34-/m1/s1. The minimum absolute atomic E-state index is 0.00314. The molecule has 5 N–H and O–H groups in total. The van der Waals surface area contributed by atoms with E-state index in [1.54, 1.807) is 39.8 Å². The number of halogens is 3. The molecule has 50 heavy (non-hydrogen) atoms.